The molecule has 4 rings (SSSR count). The highest BCUT2D eigenvalue weighted by atomic mass is 32.2. The zero-order chi connectivity index (χ0) is 23.2. The van der Waals surface area contributed by atoms with Gasteiger partial charge in [0.2, 0.25) is 11.8 Å². The van der Waals surface area contributed by atoms with Crippen LogP contribution in [0, 0.1) is 12.8 Å². The van der Waals surface area contributed by atoms with Gasteiger partial charge in [0.05, 0.1) is 12.9 Å². The lowest BCUT2D eigenvalue weighted by molar-refractivity contribution is -0.139. The number of carbonyl (C=O) groups excluding carboxylic acids is 2. The van der Waals surface area contributed by atoms with Crippen LogP contribution in [0.5, 0.6) is 5.75 Å². The molecule has 1 aromatic heterocycles. The first-order valence-electron chi connectivity index (χ1n) is 11.8. The van der Waals surface area contributed by atoms with E-state index in [4.69, 9.17) is 4.74 Å². The molecule has 0 N–H and O–H groups in total. The van der Waals surface area contributed by atoms with Crippen LogP contribution in [-0.2, 0) is 9.59 Å². The molecule has 178 valence electrons. The molecule has 0 atom stereocenters. The predicted octanol–water partition coefficient (Wildman–Crippen LogP) is 3.32. The number of aromatic nitrogens is 3. The number of benzene rings is 1. The van der Waals surface area contributed by atoms with Crippen molar-refractivity contribution in [2.75, 3.05) is 39.0 Å². The fourth-order valence-electron chi connectivity index (χ4n) is 4.61. The molecule has 0 unspecified atom stereocenters. The first-order valence-corrected chi connectivity index (χ1v) is 12.8. The number of piperidine rings is 1. The van der Waals surface area contributed by atoms with Gasteiger partial charge in [0.25, 0.3) is 0 Å². The Labute approximate surface area is 199 Å². The second-order valence-electron chi connectivity index (χ2n) is 8.75. The maximum absolute atomic E-state index is 12.9. The molecule has 8 nitrogen and oxygen atoms in total. The highest BCUT2D eigenvalue weighted by molar-refractivity contribution is 7.99. The largest absolute Gasteiger partial charge is 0.497 e. The van der Waals surface area contributed by atoms with Gasteiger partial charge in [-0.05, 0) is 56.9 Å². The van der Waals surface area contributed by atoms with Crippen molar-refractivity contribution in [3.8, 4) is 11.4 Å². The average molecular weight is 472 g/mol. The van der Waals surface area contributed by atoms with Crippen LogP contribution in [0.3, 0.4) is 0 Å². The average Bonchev–Trinajstić information content (AvgIpc) is 3.03. The number of carbonyl (C=O) groups is 2. The molecule has 3 heterocycles. The van der Waals surface area contributed by atoms with Crippen molar-refractivity contribution < 1.29 is 14.3 Å². The molecule has 2 amide bonds. The second-order valence-corrected chi connectivity index (χ2v) is 9.69. The predicted molar refractivity (Wildman–Crippen MR) is 128 cm³/mol. The standard InChI is InChI=1S/C24H33N5O3S/c1-18-25-26-24(29(18)20-7-9-21(32-2)10-8-20)33-17-22(30)27-15-11-19(12-16-27)23(31)28-13-5-3-4-6-14-28/h7-10,19H,3-6,11-17H2,1-2H3. The Morgan fingerprint density at radius 2 is 1.64 bits per heavy atom. The minimum Gasteiger partial charge on any atom is -0.497 e. The smallest absolute Gasteiger partial charge is 0.233 e. The van der Waals surface area contributed by atoms with Gasteiger partial charge in [-0.25, -0.2) is 0 Å². The van der Waals surface area contributed by atoms with E-state index in [-0.39, 0.29) is 11.8 Å². The zero-order valence-corrected chi connectivity index (χ0v) is 20.4. The van der Waals surface area contributed by atoms with Crippen molar-refractivity contribution in [3.05, 3.63) is 30.1 Å². The molecule has 2 aliphatic rings. The summed E-state index contributed by atoms with van der Waals surface area (Å²) >= 11 is 1.40. The topological polar surface area (TPSA) is 80.6 Å². The Morgan fingerprint density at radius 1 is 0.970 bits per heavy atom. The summed E-state index contributed by atoms with van der Waals surface area (Å²) in [6, 6.07) is 7.69. The molecule has 33 heavy (non-hydrogen) atoms. The second kappa shape index (κ2) is 11.0. The van der Waals surface area contributed by atoms with Crippen LogP contribution in [0.1, 0.15) is 44.3 Å². The van der Waals surface area contributed by atoms with Gasteiger partial charge < -0.3 is 14.5 Å². The Balaban J connectivity index is 1.30. The molecule has 2 saturated heterocycles. The SMILES string of the molecule is COc1ccc(-n2c(C)nnc2SCC(=O)N2CCC(C(=O)N3CCCCCC3)CC2)cc1. The van der Waals surface area contributed by atoms with Gasteiger partial charge >= 0.3 is 0 Å². The van der Waals surface area contributed by atoms with Gasteiger partial charge in [-0.15, -0.1) is 10.2 Å². The summed E-state index contributed by atoms with van der Waals surface area (Å²) in [7, 11) is 1.64. The number of aryl methyl sites for hydroxylation is 1. The molecule has 0 aliphatic carbocycles. The Kier molecular flexibility index (Phi) is 7.90. The fourth-order valence-corrected chi connectivity index (χ4v) is 5.51. The van der Waals surface area contributed by atoms with Crippen LogP contribution in [0.2, 0.25) is 0 Å². The first kappa shape index (κ1) is 23.6. The number of hydrogen-bond acceptors (Lipinski definition) is 6. The molecule has 1 aromatic carbocycles. The highest BCUT2D eigenvalue weighted by Gasteiger charge is 2.30. The molecule has 2 fully saturated rings. The van der Waals surface area contributed by atoms with Crippen LogP contribution >= 0.6 is 11.8 Å². The van der Waals surface area contributed by atoms with Crippen molar-refractivity contribution in [2.24, 2.45) is 5.92 Å². The normalized spacial score (nSPS) is 17.6. The van der Waals surface area contributed by atoms with E-state index < -0.39 is 0 Å². The molecule has 2 aliphatic heterocycles. The van der Waals surface area contributed by atoms with Crippen molar-refractivity contribution in [1.82, 2.24) is 24.6 Å². The number of hydrogen-bond donors (Lipinski definition) is 0. The van der Waals surface area contributed by atoms with Gasteiger partial charge in [0.15, 0.2) is 5.16 Å². The fraction of sp³-hybridized carbons (Fsp3) is 0.583. The van der Waals surface area contributed by atoms with E-state index in [2.05, 4.69) is 15.1 Å². The lowest BCUT2D eigenvalue weighted by Crippen LogP contribution is -2.45. The Morgan fingerprint density at radius 3 is 2.27 bits per heavy atom. The van der Waals surface area contributed by atoms with E-state index in [9.17, 15) is 9.59 Å². The van der Waals surface area contributed by atoms with E-state index >= 15 is 0 Å². The van der Waals surface area contributed by atoms with Crippen molar-refractivity contribution in [2.45, 2.75) is 50.6 Å². The maximum Gasteiger partial charge on any atom is 0.233 e. The van der Waals surface area contributed by atoms with E-state index in [0.717, 1.165) is 56.0 Å². The third-order valence-corrected chi connectivity index (χ3v) is 7.48. The first-order chi connectivity index (χ1) is 16.1. The highest BCUT2D eigenvalue weighted by Crippen LogP contribution is 2.26. The molecule has 0 spiro atoms. The van der Waals surface area contributed by atoms with Gasteiger partial charge in [0.1, 0.15) is 11.6 Å². The number of amides is 2. The lowest BCUT2D eigenvalue weighted by Gasteiger charge is -2.34. The third-order valence-electron chi connectivity index (χ3n) is 6.57. The molecule has 2 aromatic rings. The van der Waals surface area contributed by atoms with Crippen LogP contribution in [0.15, 0.2) is 29.4 Å². The summed E-state index contributed by atoms with van der Waals surface area (Å²) in [5.74, 6) is 2.29. The monoisotopic (exact) mass is 471 g/mol. The molecular weight excluding hydrogens is 438 g/mol. The van der Waals surface area contributed by atoms with E-state index in [1.165, 1.54) is 24.6 Å². The van der Waals surface area contributed by atoms with Crippen LogP contribution in [-0.4, -0.2) is 75.4 Å². The summed E-state index contributed by atoms with van der Waals surface area (Å²) in [6.45, 7) is 4.97. The summed E-state index contributed by atoms with van der Waals surface area (Å²) in [6.07, 6.45) is 6.18. The molecule has 9 heteroatoms. The van der Waals surface area contributed by atoms with E-state index in [1.807, 2.05) is 40.7 Å². The zero-order valence-electron chi connectivity index (χ0n) is 19.5. The number of ether oxygens (including phenoxy) is 1. The van der Waals surface area contributed by atoms with E-state index in [1.54, 1.807) is 7.11 Å². The number of rotatable bonds is 6. The summed E-state index contributed by atoms with van der Waals surface area (Å²) in [5, 5.41) is 9.16. The molecule has 0 radical (unpaired) electrons. The maximum atomic E-state index is 12.9. The van der Waals surface area contributed by atoms with Gasteiger partial charge in [-0.2, -0.15) is 0 Å². The summed E-state index contributed by atoms with van der Waals surface area (Å²) in [5.41, 5.74) is 0.932. The lowest BCUT2D eigenvalue weighted by atomic mass is 9.95. The summed E-state index contributed by atoms with van der Waals surface area (Å²) < 4.78 is 7.18. The summed E-state index contributed by atoms with van der Waals surface area (Å²) in [4.78, 5) is 29.7. The van der Waals surface area contributed by atoms with Crippen LogP contribution in [0.25, 0.3) is 5.69 Å². The third kappa shape index (κ3) is 5.69. The quantitative estimate of drug-likeness (QED) is 0.602. The van der Waals surface area contributed by atoms with Crippen molar-refractivity contribution >= 4 is 23.6 Å². The Hall–Kier alpha value is -2.55. The number of likely N-dealkylation sites (tertiary alicyclic amines) is 2. The van der Waals surface area contributed by atoms with Crippen molar-refractivity contribution in [3.63, 3.8) is 0 Å². The Bertz CT molecular complexity index is 946. The van der Waals surface area contributed by atoms with Gasteiger partial charge in [0, 0.05) is 37.8 Å². The van der Waals surface area contributed by atoms with Gasteiger partial charge in [-0.3, -0.25) is 14.2 Å². The molecular formula is C24H33N5O3S. The minimum atomic E-state index is 0.0561. The van der Waals surface area contributed by atoms with Crippen LogP contribution < -0.4 is 4.74 Å². The van der Waals surface area contributed by atoms with Crippen molar-refractivity contribution in [1.29, 1.82) is 0 Å². The number of nitrogens with zero attached hydrogens (tertiary/aromatic N) is 5. The number of thioether (sulfide) groups is 1. The number of methoxy groups -OCH3 is 1. The molecule has 0 saturated carbocycles. The van der Waals surface area contributed by atoms with Gasteiger partial charge in [-0.1, -0.05) is 24.6 Å². The van der Waals surface area contributed by atoms with E-state index in [0.29, 0.717) is 29.9 Å². The van der Waals surface area contributed by atoms with Crippen LogP contribution in [0.4, 0.5) is 0 Å². The minimum absolute atomic E-state index is 0.0561. The molecule has 0 bridgehead atoms.